The van der Waals surface area contributed by atoms with E-state index in [2.05, 4.69) is 10.3 Å². The van der Waals surface area contributed by atoms with E-state index in [9.17, 15) is 13.2 Å². The number of carbonyl (C=O) groups is 1. The molecule has 0 aliphatic carbocycles. The fourth-order valence-corrected chi connectivity index (χ4v) is 4.71. The quantitative estimate of drug-likeness (QED) is 0.763. The summed E-state index contributed by atoms with van der Waals surface area (Å²) in [6.45, 7) is 2.99. The third kappa shape index (κ3) is 4.51. The Morgan fingerprint density at radius 1 is 1.13 bits per heavy atom. The molecule has 0 radical (unpaired) electrons. The number of ether oxygens (including phenoxy) is 2. The molecule has 0 unspecified atom stereocenters. The largest absolute Gasteiger partial charge is 0.497 e. The molecule has 0 saturated carbocycles. The van der Waals surface area contributed by atoms with Gasteiger partial charge in [-0.05, 0) is 25.5 Å². The Morgan fingerprint density at radius 2 is 1.90 bits per heavy atom. The summed E-state index contributed by atoms with van der Waals surface area (Å²) in [4.78, 5) is 18.5. The number of carbonyl (C=O) groups excluding carboxylic acids is 1. The minimum atomic E-state index is -3.70. The molecule has 1 aromatic carbocycles. The van der Waals surface area contributed by atoms with Crippen LogP contribution in [0, 0.1) is 6.92 Å². The average molecular weight is 438 g/mol. The van der Waals surface area contributed by atoms with Gasteiger partial charge in [-0.25, -0.2) is 18.2 Å². The van der Waals surface area contributed by atoms with Crippen LogP contribution in [0.2, 0.25) is 0 Å². The molecule has 11 heteroatoms. The molecule has 1 aliphatic rings. The van der Waals surface area contributed by atoms with Crippen molar-refractivity contribution in [3.63, 3.8) is 0 Å². The monoisotopic (exact) mass is 437 g/mol. The van der Waals surface area contributed by atoms with Gasteiger partial charge in [-0.1, -0.05) is 0 Å². The van der Waals surface area contributed by atoms with Crippen molar-refractivity contribution in [2.45, 2.75) is 18.4 Å². The summed E-state index contributed by atoms with van der Waals surface area (Å²) < 4.78 is 39.4. The highest BCUT2D eigenvalue weighted by atomic mass is 32.2. The van der Waals surface area contributed by atoms with E-state index in [-0.39, 0.29) is 24.1 Å². The van der Waals surface area contributed by atoms with Crippen molar-refractivity contribution in [3.8, 4) is 11.5 Å². The molecule has 2 heterocycles. The second kappa shape index (κ2) is 8.92. The zero-order valence-corrected chi connectivity index (χ0v) is 18.4. The minimum Gasteiger partial charge on any atom is -0.497 e. The van der Waals surface area contributed by atoms with Crippen LogP contribution in [0.3, 0.4) is 0 Å². The highest BCUT2D eigenvalue weighted by Crippen LogP contribution is 2.29. The van der Waals surface area contributed by atoms with Gasteiger partial charge in [-0.3, -0.25) is 0 Å². The van der Waals surface area contributed by atoms with Gasteiger partial charge in [0.1, 0.15) is 17.3 Å². The average Bonchev–Trinajstić information content (AvgIpc) is 2.94. The van der Waals surface area contributed by atoms with E-state index in [1.165, 1.54) is 17.6 Å². The summed E-state index contributed by atoms with van der Waals surface area (Å²) in [5.74, 6) is 1.72. The second-order valence-corrected chi connectivity index (χ2v) is 8.86. The van der Waals surface area contributed by atoms with Gasteiger partial charge in [0, 0.05) is 45.5 Å². The van der Waals surface area contributed by atoms with E-state index in [0.29, 0.717) is 42.5 Å². The lowest BCUT2D eigenvalue weighted by atomic mass is 10.2. The van der Waals surface area contributed by atoms with Gasteiger partial charge in [0.2, 0.25) is 0 Å². The summed E-state index contributed by atoms with van der Waals surface area (Å²) >= 11 is 0. The standard InChI is InChI=1S/C19H27N5O5S/c1-14-20-18(13-22(14)2)30(26,27)24-9-5-8-23(10-11-24)19(25)21-16-7-6-15(28-3)12-17(16)29-4/h6-7,12-13H,5,8-11H2,1-4H3,(H,21,25). The van der Waals surface area contributed by atoms with Crippen molar-refractivity contribution in [2.24, 2.45) is 7.05 Å². The summed E-state index contributed by atoms with van der Waals surface area (Å²) in [7, 11) is 1.11. The number of rotatable bonds is 5. The summed E-state index contributed by atoms with van der Waals surface area (Å²) in [6.07, 6.45) is 2.04. The molecule has 1 N–H and O–H groups in total. The Bertz CT molecular complexity index is 1000. The normalized spacial score (nSPS) is 15.5. The second-order valence-electron chi connectivity index (χ2n) is 6.98. The van der Waals surface area contributed by atoms with Gasteiger partial charge in [-0.2, -0.15) is 4.31 Å². The molecule has 0 atom stereocenters. The van der Waals surface area contributed by atoms with Crippen molar-refractivity contribution in [1.82, 2.24) is 18.8 Å². The predicted molar refractivity (Wildman–Crippen MR) is 111 cm³/mol. The molecule has 0 bridgehead atoms. The van der Waals surface area contributed by atoms with Crippen LogP contribution < -0.4 is 14.8 Å². The van der Waals surface area contributed by atoms with Gasteiger partial charge in [0.15, 0.2) is 5.03 Å². The maximum Gasteiger partial charge on any atom is 0.321 e. The summed E-state index contributed by atoms with van der Waals surface area (Å²) in [6, 6.07) is 4.80. The number of nitrogens with one attached hydrogen (secondary N) is 1. The van der Waals surface area contributed by atoms with Gasteiger partial charge < -0.3 is 24.3 Å². The van der Waals surface area contributed by atoms with Gasteiger partial charge >= 0.3 is 6.03 Å². The number of hydrogen-bond acceptors (Lipinski definition) is 6. The maximum atomic E-state index is 12.9. The lowest BCUT2D eigenvalue weighted by molar-refractivity contribution is 0.214. The molecule has 164 valence electrons. The molecule has 3 rings (SSSR count). The Morgan fingerprint density at radius 3 is 2.53 bits per heavy atom. The lowest BCUT2D eigenvalue weighted by Crippen LogP contribution is -2.39. The topological polar surface area (TPSA) is 106 Å². The Labute approximate surface area is 176 Å². The van der Waals surface area contributed by atoms with Crippen LogP contribution in [0.4, 0.5) is 10.5 Å². The number of imidazole rings is 1. The molecule has 1 saturated heterocycles. The zero-order valence-electron chi connectivity index (χ0n) is 17.6. The van der Waals surface area contributed by atoms with Crippen molar-refractivity contribution < 1.29 is 22.7 Å². The Hall–Kier alpha value is -2.79. The van der Waals surface area contributed by atoms with E-state index in [1.807, 2.05) is 0 Å². The van der Waals surface area contributed by atoms with E-state index in [1.54, 1.807) is 48.7 Å². The van der Waals surface area contributed by atoms with Gasteiger partial charge in [0.25, 0.3) is 10.0 Å². The molecule has 2 aromatic rings. The minimum absolute atomic E-state index is 0.0309. The van der Waals surface area contributed by atoms with E-state index in [4.69, 9.17) is 9.47 Å². The number of anilines is 1. The van der Waals surface area contributed by atoms with Crippen LogP contribution in [-0.2, 0) is 17.1 Å². The predicted octanol–water partition coefficient (Wildman–Crippen LogP) is 1.67. The van der Waals surface area contributed by atoms with E-state index >= 15 is 0 Å². The molecule has 2 amide bonds. The number of aryl methyl sites for hydroxylation is 2. The molecule has 1 aliphatic heterocycles. The third-order valence-electron chi connectivity index (χ3n) is 5.08. The first-order chi connectivity index (χ1) is 14.3. The first kappa shape index (κ1) is 21.9. The maximum absolute atomic E-state index is 12.9. The zero-order chi connectivity index (χ0) is 21.9. The van der Waals surface area contributed by atoms with Gasteiger partial charge in [0.05, 0.1) is 19.9 Å². The molecule has 30 heavy (non-hydrogen) atoms. The van der Waals surface area contributed by atoms with Crippen molar-refractivity contribution >= 4 is 21.7 Å². The lowest BCUT2D eigenvalue weighted by Gasteiger charge is -2.22. The first-order valence-corrected chi connectivity index (χ1v) is 11.0. The first-order valence-electron chi connectivity index (χ1n) is 9.54. The highest BCUT2D eigenvalue weighted by Gasteiger charge is 2.30. The highest BCUT2D eigenvalue weighted by molar-refractivity contribution is 7.89. The van der Waals surface area contributed by atoms with E-state index in [0.717, 1.165) is 0 Å². The summed E-state index contributed by atoms with van der Waals surface area (Å²) in [5.41, 5.74) is 0.515. The number of sulfonamides is 1. The number of aromatic nitrogens is 2. The van der Waals surface area contributed by atoms with Crippen LogP contribution in [0.1, 0.15) is 12.2 Å². The van der Waals surface area contributed by atoms with E-state index < -0.39 is 10.0 Å². The van der Waals surface area contributed by atoms with Crippen LogP contribution in [-0.4, -0.2) is 73.6 Å². The Kier molecular flexibility index (Phi) is 6.52. The Balaban J connectivity index is 1.68. The fraction of sp³-hybridized carbons (Fsp3) is 0.474. The fourth-order valence-electron chi connectivity index (χ4n) is 3.22. The number of hydrogen-bond donors (Lipinski definition) is 1. The van der Waals surface area contributed by atoms with Crippen LogP contribution >= 0.6 is 0 Å². The third-order valence-corrected chi connectivity index (χ3v) is 6.85. The number of amides is 2. The van der Waals surface area contributed by atoms with Crippen molar-refractivity contribution in [2.75, 3.05) is 45.7 Å². The van der Waals surface area contributed by atoms with Crippen LogP contribution in [0.5, 0.6) is 11.5 Å². The number of benzene rings is 1. The molecule has 1 fully saturated rings. The molecular weight excluding hydrogens is 410 g/mol. The number of urea groups is 1. The SMILES string of the molecule is COc1ccc(NC(=O)N2CCCN(S(=O)(=O)c3cn(C)c(C)n3)CC2)c(OC)c1. The molecular formula is C19H27N5O5S. The molecule has 1 aromatic heterocycles. The van der Waals surface area contributed by atoms with Crippen molar-refractivity contribution in [3.05, 3.63) is 30.2 Å². The van der Waals surface area contributed by atoms with Gasteiger partial charge in [-0.15, -0.1) is 0 Å². The number of nitrogens with zero attached hydrogens (tertiary/aromatic N) is 4. The van der Waals surface area contributed by atoms with Crippen LogP contribution in [0.25, 0.3) is 0 Å². The molecule has 0 spiro atoms. The smallest absolute Gasteiger partial charge is 0.321 e. The van der Waals surface area contributed by atoms with Crippen LogP contribution in [0.15, 0.2) is 29.4 Å². The summed E-state index contributed by atoms with van der Waals surface area (Å²) in [5, 5.41) is 2.86. The number of methoxy groups -OCH3 is 2. The molecule has 10 nitrogen and oxygen atoms in total. The van der Waals surface area contributed by atoms with Crippen molar-refractivity contribution in [1.29, 1.82) is 0 Å².